The zero-order valence-corrected chi connectivity index (χ0v) is 10.5. The number of benzene rings is 1. The van der Waals surface area contributed by atoms with Crippen LogP contribution in [-0.4, -0.2) is 24.1 Å². The molecule has 0 fully saturated rings. The van der Waals surface area contributed by atoms with E-state index in [9.17, 15) is 9.90 Å². The van der Waals surface area contributed by atoms with Crippen LogP contribution in [0.4, 0.5) is 0 Å². The summed E-state index contributed by atoms with van der Waals surface area (Å²) in [4.78, 5) is 11.7. The van der Waals surface area contributed by atoms with Crippen molar-refractivity contribution < 1.29 is 14.6 Å². The van der Waals surface area contributed by atoms with E-state index in [-0.39, 0.29) is 18.1 Å². The lowest BCUT2D eigenvalue weighted by molar-refractivity contribution is 0.0749. The molecule has 0 unspecified atom stereocenters. The Labute approximate surface area is 102 Å². The molecule has 0 aliphatic heterocycles. The molecule has 1 aromatic rings. The Morgan fingerprint density at radius 1 is 1.41 bits per heavy atom. The number of rotatable bonds is 7. The van der Waals surface area contributed by atoms with Crippen LogP contribution in [0.2, 0.25) is 0 Å². The van der Waals surface area contributed by atoms with Crippen molar-refractivity contribution >= 4 is 5.78 Å². The fourth-order valence-electron chi connectivity index (χ4n) is 1.52. The molecular weight excluding hydrogens is 216 g/mol. The number of hydrogen-bond donors (Lipinski definition) is 1. The Bertz CT molecular complexity index is 358. The monoisotopic (exact) mass is 236 g/mol. The number of aromatic hydroxyl groups is 1. The summed E-state index contributed by atoms with van der Waals surface area (Å²) in [6.07, 6.45) is 2.09. The molecule has 0 radical (unpaired) electrons. The predicted molar refractivity (Wildman–Crippen MR) is 67.3 cm³/mol. The van der Waals surface area contributed by atoms with Crippen LogP contribution >= 0.6 is 0 Å². The van der Waals surface area contributed by atoms with Gasteiger partial charge in [-0.05, 0) is 30.9 Å². The highest BCUT2D eigenvalue weighted by Crippen LogP contribution is 2.11. The topological polar surface area (TPSA) is 46.5 Å². The molecule has 0 atom stereocenters. The third kappa shape index (κ3) is 5.50. The van der Waals surface area contributed by atoms with Gasteiger partial charge < -0.3 is 9.84 Å². The van der Waals surface area contributed by atoms with Crippen LogP contribution in [0.15, 0.2) is 24.3 Å². The molecule has 0 saturated heterocycles. The molecule has 3 nitrogen and oxygen atoms in total. The average Bonchev–Trinajstić information content (AvgIpc) is 2.28. The summed E-state index contributed by atoms with van der Waals surface area (Å²) in [5, 5.41) is 9.24. The van der Waals surface area contributed by atoms with E-state index < -0.39 is 0 Å². The van der Waals surface area contributed by atoms with E-state index in [1.54, 1.807) is 18.2 Å². The maximum absolute atomic E-state index is 11.7. The molecule has 1 N–H and O–H groups in total. The van der Waals surface area contributed by atoms with E-state index in [2.05, 4.69) is 13.8 Å². The Morgan fingerprint density at radius 3 is 2.82 bits per heavy atom. The third-order valence-corrected chi connectivity index (χ3v) is 2.47. The van der Waals surface area contributed by atoms with Crippen molar-refractivity contribution in [3.05, 3.63) is 29.8 Å². The van der Waals surface area contributed by atoms with Crippen LogP contribution < -0.4 is 0 Å². The Hall–Kier alpha value is -1.35. The van der Waals surface area contributed by atoms with Gasteiger partial charge in [-0.15, -0.1) is 0 Å². The van der Waals surface area contributed by atoms with Gasteiger partial charge in [0.05, 0.1) is 0 Å². The summed E-state index contributed by atoms with van der Waals surface area (Å²) in [7, 11) is 0. The standard InChI is InChI=1S/C14H20O3/c1-11(2)5-4-8-17-10-14(16)12-6-3-7-13(15)9-12/h3,6-7,9,11,15H,4-5,8,10H2,1-2H3. The van der Waals surface area contributed by atoms with Crippen LogP contribution in [0.3, 0.4) is 0 Å². The maximum Gasteiger partial charge on any atom is 0.188 e. The van der Waals surface area contributed by atoms with Crippen molar-refractivity contribution in [1.82, 2.24) is 0 Å². The summed E-state index contributed by atoms with van der Waals surface area (Å²) >= 11 is 0. The number of hydrogen-bond acceptors (Lipinski definition) is 3. The SMILES string of the molecule is CC(C)CCCOCC(=O)c1cccc(O)c1. The lowest BCUT2D eigenvalue weighted by atomic mass is 10.1. The number of ether oxygens (including phenoxy) is 1. The van der Waals surface area contributed by atoms with Gasteiger partial charge in [-0.1, -0.05) is 26.0 Å². The zero-order valence-electron chi connectivity index (χ0n) is 10.5. The van der Waals surface area contributed by atoms with Crippen LogP contribution in [-0.2, 0) is 4.74 Å². The van der Waals surface area contributed by atoms with E-state index in [1.807, 2.05) is 0 Å². The Morgan fingerprint density at radius 2 is 2.18 bits per heavy atom. The van der Waals surface area contributed by atoms with Crippen LogP contribution in [0.1, 0.15) is 37.0 Å². The van der Waals surface area contributed by atoms with Crippen molar-refractivity contribution in [2.45, 2.75) is 26.7 Å². The Kier molecular flexibility index (Phi) is 5.70. The summed E-state index contributed by atoms with van der Waals surface area (Å²) in [5.41, 5.74) is 0.494. The second-order valence-corrected chi connectivity index (χ2v) is 4.56. The minimum Gasteiger partial charge on any atom is -0.508 e. The summed E-state index contributed by atoms with van der Waals surface area (Å²) in [5.74, 6) is 0.682. The van der Waals surface area contributed by atoms with Gasteiger partial charge in [0.25, 0.3) is 0 Å². The summed E-state index contributed by atoms with van der Waals surface area (Å²) in [6.45, 7) is 5.03. The van der Waals surface area contributed by atoms with Crippen LogP contribution in [0.5, 0.6) is 5.75 Å². The van der Waals surface area contributed by atoms with Crippen LogP contribution in [0.25, 0.3) is 0 Å². The van der Waals surface area contributed by atoms with E-state index in [4.69, 9.17) is 4.74 Å². The lowest BCUT2D eigenvalue weighted by Crippen LogP contribution is -2.10. The van der Waals surface area contributed by atoms with Gasteiger partial charge >= 0.3 is 0 Å². The van der Waals surface area contributed by atoms with Gasteiger partial charge in [-0.3, -0.25) is 4.79 Å². The molecule has 0 aliphatic rings. The number of ketones is 1. The van der Waals surface area contributed by atoms with Crippen molar-refractivity contribution in [1.29, 1.82) is 0 Å². The van der Waals surface area contributed by atoms with E-state index in [0.717, 1.165) is 12.8 Å². The number of phenolic OH excluding ortho intramolecular Hbond substituents is 1. The number of carbonyl (C=O) groups is 1. The normalized spacial score (nSPS) is 10.8. The lowest BCUT2D eigenvalue weighted by Gasteiger charge is -2.06. The van der Waals surface area contributed by atoms with E-state index in [1.165, 1.54) is 6.07 Å². The fraction of sp³-hybridized carbons (Fsp3) is 0.500. The molecule has 1 rings (SSSR count). The number of phenols is 1. The first-order chi connectivity index (χ1) is 8.09. The molecule has 0 spiro atoms. The highest BCUT2D eigenvalue weighted by atomic mass is 16.5. The number of carbonyl (C=O) groups excluding carboxylic acids is 1. The van der Waals surface area contributed by atoms with Gasteiger partial charge in [0.1, 0.15) is 12.4 Å². The van der Waals surface area contributed by atoms with E-state index >= 15 is 0 Å². The van der Waals surface area contributed by atoms with E-state index in [0.29, 0.717) is 18.1 Å². The molecule has 0 bridgehead atoms. The minimum absolute atomic E-state index is 0.0849. The van der Waals surface area contributed by atoms with Crippen molar-refractivity contribution in [2.24, 2.45) is 5.92 Å². The molecule has 0 amide bonds. The molecule has 94 valence electrons. The molecule has 3 heteroatoms. The highest BCUT2D eigenvalue weighted by molar-refractivity contribution is 5.97. The molecule has 0 heterocycles. The van der Waals surface area contributed by atoms with Gasteiger partial charge in [0.15, 0.2) is 5.78 Å². The second-order valence-electron chi connectivity index (χ2n) is 4.56. The first-order valence-electron chi connectivity index (χ1n) is 5.99. The zero-order chi connectivity index (χ0) is 12.7. The predicted octanol–water partition coefficient (Wildman–Crippen LogP) is 3.03. The molecule has 0 saturated carbocycles. The van der Waals surface area contributed by atoms with Crippen molar-refractivity contribution in [3.63, 3.8) is 0 Å². The molecular formula is C14H20O3. The first kappa shape index (κ1) is 13.7. The molecule has 17 heavy (non-hydrogen) atoms. The average molecular weight is 236 g/mol. The van der Waals surface area contributed by atoms with Gasteiger partial charge in [0, 0.05) is 12.2 Å². The van der Waals surface area contributed by atoms with Crippen LogP contribution in [0, 0.1) is 5.92 Å². The Balaban J connectivity index is 2.26. The van der Waals surface area contributed by atoms with Gasteiger partial charge in [0.2, 0.25) is 0 Å². The smallest absolute Gasteiger partial charge is 0.188 e. The summed E-state index contributed by atoms with van der Waals surface area (Å²) in [6, 6.07) is 6.33. The number of Topliss-reactive ketones (excluding diaryl/α,β-unsaturated/α-hetero) is 1. The summed E-state index contributed by atoms with van der Waals surface area (Å²) < 4.78 is 5.31. The third-order valence-electron chi connectivity index (χ3n) is 2.47. The first-order valence-corrected chi connectivity index (χ1v) is 5.99. The second kappa shape index (κ2) is 7.07. The van der Waals surface area contributed by atoms with Crippen molar-refractivity contribution in [3.8, 4) is 5.75 Å². The quantitative estimate of drug-likeness (QED) is 0.584. The largest absolute Gasteiger partial charge is 0.508 e. The van der Waals surface area contributed by atoms with Gasteiger partial charge in [-0.2, -0.15) is 0 Å². The molecule has 0 aliphatic carbocycles. The maximum atomic E-state index is 11.7. The van der Waals surface area contributed by atoms with Gasteiger partial charge in [-0.25, -0.2) is 0 Å². The highest BCUT2D eigenvalue weighted by Gasteiger charge is 2.06. The molecule has 0 aromatic heterocycles. The fourth-order valence-corrected chi connectivity index (χ4v) is 1.52. The van der Waals surface area contributed by atoms with Crippen molar-refractivity contribution in [2.75, 3.05) is 13.2 Å². The molecule has 1 aromatic carbocycles. The minimum atomic E-state index is -0.0922.